The number of rotatable bonds is 8. The van der Waals surface area contributed by atoms with E-state index in [1.165, 1.54) is 0 Å². The molecule has 1 fully saturated rings. The molecule has 0 bridgehead atoms. The monoisotopic (exact) mass is 402 g/mol. The Bertz CT molecular complexity index is 1010. The minimum atomic E-state index is -0.287. The van der Waals surface area contributed by atoms with E-state index in [0.717, 1.165) is 18.6 Å². The number of carbonyl (C=O) groups is 2. The van der Waals surface area contributed by atoms with Gasteiger partial charge in [-0.3, -0.25) is 9.59 Å². The third-order valence-corrected chi connectivity index (χ3v) is 4.53. The highest BCUT2D eigenvalue weighted by atomic mass is 16.5. The molecule has 6 nitrogen and oxygen atoms in total. The Morgan fingerprint density at radius 1 is 0.767 bits per heavy atom. The summed E-state index contributed by atoms with van der Waals surface area (Å²) in [4.78, 5) is 24.1. The first-order valence-electron chi connectivity index (χ1n) is 9.82. The highest BCUT2D eigenvalue weighted by molar-refractivity contribution is 5.96. The Balaban J connectivity index is 1.26. The molecule has 30 heavy (non-hydrogen) atoms. The lowest BCUT2D eigenvalue weighted by Gasteiger charge is -2.10. The van der Waals surface area contributed by atoms with Crippen LogP contribution in [0.1, 0.15) is 12.8 Å². The Morgan fingerprint density at radius 2 is 1.40 bits per heavy atom. The second kappa shape index (κ2) is 9.13. The molecule has 4 rings (SSSR count). The molecular weight excluding hydrogens is 380 g/mol. The maximum atomic E-state index is 12.2. The summed E-state index contributed by atoms with van der Waals surface area (Å²) in [6, 6.07) is 23.6. The van der Waals surface area contributed by atoms with E-state index < -0.39 is 0 Å². The first-order chi connectivity index (χ1) is 14.7. The molecule has 2 amide bonds. The molecule has 1 aliphatic rings. The molecule has 3 aromatic carbocycles. The largest absolute Gasteiger partial charge is 0.484 e. The van der Waals surface area contributed by atoms with E-state index in [1.54, 1.807) is 48.5 Å². The summed E-state index contributed by atoms with van der Waals surface area (Å²) < 4.78 is 11.3. The van der Waals surface area contributed by atoms with Crippen molar-refractivity contribution in [1.29, 1.82) is 0 Å². The minimum absolute atomic E-state index is 0.0292. The van der Waals surface area contributed by atoms with Crippen molar-refractivity contribution in [2.75, 3.05) is 17.2 Å². The van der Waals surface area contributed by atoms with Crippen molar-refractivity contribution in [3.63, 3.8) is 0 Å². The molecule has 152 valence electrons. The number of hydrogen-bond acceptors (Lipinski definition) is 4. The van der Waals surface area contributed by atoms with E-state index in [-0.39, 0.29) is 24.3 Å². The maximum Gasteiger partial charge on any atom is 0.262 e. The van der Waals surface area contributed by atoms with Crippen LogP contribution in [-0.2, 0) is 9.59 Å². The first kappa shape index (κ1) is 19.5. The maximum absolute atomic E-state index is 12.2. The number of ether oxygens (including phenoxy) is 2. The van der Waals surface area contributed by atoms with Crippen LogP contribution in [0.5, 0.6) is 17.2 Å². The first-order valence-corrected chi connectivity index (χ1v) is 9.82. The van der Waals surface area contributed by atoms with Gasteiger partial charge in [0.2, 0.25) is 5.91 Å². The normalized spacial score (nSPS) is 12.7. The van der Waals surface area contributed by atoms with Gasteiger partial charge in [-0.2, -0.15) is 0 Å². The summed E-state index contributed by atoms with van der Waals surface area (Å²) in [7, 11) is 0. The lowest BCUT2D eigenvalue weighted by atomic mass is 10.2. The molecule has 0 unspecified atom stereocenters. The van der Waals surface area contributed by atoms with Gasteiger partial charge in [-0.05, 0) is 67.4 Å². The zero-order valence-corrected chi connectivity index (χ0v) is 16.3. The molecule has 0 heterocycles. The zero-order valence-electron chi connectivity index (χ0n) is 16.3. The van der Waals surface area contributed by atoms with E-state index in [4.69, 9.17) is 9.47 Å². The highest BCUT2D eigenvalue weighted by Crippen LogP contribution is 2.30. The van der Waals surface area contributed by atoms with Crippen molar-refractivity contribution in [2.24, 2.45) is 5.92 Å². The van der Waals surface area contributed by atoms with Crippen LogP contribution in [0, 0.1) is 5.92 Å². The molecule has 6 heteroatoms. The number of amides is 2. The van der Waals surface area contributed by atoms with Gasteiger partial charge >= 0.3 is 0 Å². The lowest BCUT2D eigenvalue weighted by molar-refractivity contribution is -0.118. The van der Waals surface area contributed by atoms with Crippen LogP contribution >= 0.6 is 0 Å². The molecule has 0 aromatic heterocycles. The van der Waals surface area contributed by atoms with Gasteiger partial charge in [0.1, 0.15) is 17.2 Å². The van der Waals surface area contributed by atoms with E-state index in [0.29, 0.717) is 22.9 Å². The summed E-state index contributed by atoms with van der Waals surface area (Å²) in [6.07, 6.45) is 1.89. The van der Waals surface area contributed by atoms with Crippen LogP contribution in [0.25, 0.3) is 0 Å². The lowest BCUT2D eigenvalue weighted by Crippen LogP contribution is -2.20. The smallest absolute Gasteiger partial charge is 0.262 e. The van der Waals surface area contributed by atoms with Gasteiger partial charge in [0.25, 0.3) is 5.91 Å². The fourth-order valence-electron chi connectivity index (χ4n) is 2.84. The third-order valence-electron chi connectivity index (χ3n) is 4.53. The van der Waals surface area contributed by atoms with Gasteiger partial charge in [-0.1, -0.05) is 24.3 Å². The van der Waals surface area contributed by atoms with E-state index >= 15 is 0 Å². The second-order valence-electron chi connectivity index (χ2n) is 7.07. The fourth-order valence-corrected chi connectivity index (χ4v) is 2.84. The van der Waals surface area contributed by atoms with Crippen LogP contribution in [0.15, 0.2) is 78.9 Å². The van der Waals surface area contributed by atoms with Crippen LogP contribution in [0.2, 0.25) is 0 Å². The summed E-state index contributed by atoms with van der Waals surface area (Å²) in [5.74, 6) is 1.87. The third kappa shape index (κ3) is 5.61. The average molecular weight is 402 g/mol. The van der Waals surface area contributed by atoms with Gasteiger partial charge in [0, 0.05) is 17.3 Å². The molecule has 1 saturated carbocycles. The standard InChI is InChI=1S/C24H22N2O4/c27-23(25-18-5-4-6-19(15-18)26-24(28)17-9-10-17)16-29-20-11-13-22(14-12-20)30-21-7-2-1-3-8-21/h1-8,11-15,17H,9-10,16H2,(H,25,27)(H,26,28). The van der Waals surface area contributed by atoms with Crippen LogP contribution in [0.3, 0.4) is 0 Å². The van der Waals surface area contributed by atoms with E-state index in [1.807, 2.05) is 30.3 Å². The van der Waals surface area contributed by atoms with Gasteiger partial charge < -0.3 is 20.1 Å². The molecule has 0 saturated heterocycles. The molecule has 2 N–H and O–H groups in total. The topological polar surface area (TPSA) is 76.7 Å². The number of nitrogens with one attached hydrogen (secondary N) is 2. The van der Waals surface area contributed by atoms with Gasteiger partial charge in [0.05, 0.1) is 0 Å². The Hall–Kier alpha value is -3.80. The second-order valence-corrected chi connectivity index (χ2v) is 7.07. The van der Waals surface area contributed by atoms with Gasteiger partial charge in [-0.25, -0.2) is 0 Å². The SMILES string of the molecule is O=C(COc1ccc(Oc2ccccc2)cc1)Nc1cccc(NC(=O)C2CC2)c1. The fraction of sp³-hybridized carbons (Fsp3) is 0.167. The number of carbonyl (C=O) groups excluding carboxylic acids is 2. The van der Waals surface area contributed by atoms with Crippen molar-refractivity contribution in [3.05, 3.63) is 78.9 Å². The molecule has 0 aliphatic heterocycles. The van der Waals surface area contributed by atoms with Crippen molar-refractivity contribution < 1.29 is 19.1 Å². The van der Waals surface area contributed by atoms with Crippen LogP contribution in [0.4, 0.5) is 11.4 Å². The molecule has 1 aliphatic carbocycles. The Morgan fingerprint density at radius 3 is 2.10 bits per heavy atom. The van der Waals surface area contributed by atoms with Crippen LogP contribution in [-0.4, -0.2) is 18.4 Å². The van der Waals surface area contributed by atoms with Crippen molar-refractivity contribution >= 4 is 23.2 Å². The van der Waals surface area contributed by atoms with Gasteiger partial charge in [0.15, 0.2) is 6.61 Å². The Labute approximate surface area is 174 Å². The van der Waals surface area contributed by atoms with Crippen molar-refractivity contribution in [3.8, 4) is 17.2 Å². The molecular formula is C24H22N2O4. The highest BCUT2D eigenvalue weighted by Gasteiger charge is 2.29. The molecule has 0 spiro atoms. The van der Waals surface area contributed by atoms with E-state index in [2.05, 4.69) is 10.6 Å². The van der Waals surface area contributed by atoms with E-state index in [9.17, 15) is 9.59 Å². The predicted octanol–water partition coefficient (Wildman–Crippen LogP) is 4.84. The number of para-hydroxylation sites is 1. The number of hydrogen-bond donors (Lipinski definition) is 2. The molecule has 0 radical (unpaired) electrons. The zero-order chi connectivity index (χ0) is 20.8. The van der Waals surface area contributed by atoms with Crippen LogP contribution < -0.4 is 20.1 Å². The number of benzene rings is 3. The van der Waals surface area contributed by atoms with Crippen molar-refractivity contribution in [1.82, 2.24) is 0 Å². The van der Waals surface area contributed by atoms with Gasteiger partial charge in [-0.15, -0.1) is 0 Å². The quantitative estimate of drug-likeness (QED) is 0.565. The summed E-state index contributed by atoms with van der Waals surface area (Å²) in [5.41, 5.74) is 1.27. The Kier molecular flexibility index (Phi) is 5.94. The van der Waals surface area contributed by atoms with Crippen molar-refractivity contribution in [2.45, 2.75) is 12.8 Å². The summed E-state index contributed by atoms with van der Waals surface area (Å²) in [5, 5.41) is 5.64. The summed E-state index contributed by atoms with van der Waals surface area (Å²) in [6.45, 7) is -0.127. The molecule has 3 aromatic rings. The number of anilines is 2. The average Bonchev–Trinajstić information content (AvgIpc) is 3.60. The summed E-state index contributed by atoms with van der Waals surface area (Å²) >= 11 is 0. The molecule has 0 atom stereocenters. The predicted molar refractivity (Wildman–Crippen MR) is 115 cm³/mol. The minimum Gasteiger partial charge on any atom is -0.484 e.